The Labute approximate surface area is 197 Å². The van der Waals surface area contributed by atoms with Gasteiger partial charge in [0.15, 0.2) is 5.96 Å². The monoisotopic (exact) mass is 517 g/mol. The molecule has 2 aromatic carbocycles. The van der Waals surface area contributed by atoms with Crippen LogP contribution in [0.5, 0.6) is 0 Å². The lowest BCUT2D eigenvalue weighted by atomic mass is 10.1. The van der Waals surface area contributed by atoms with Gasteiger partial charge in [-0.1, -0.05) is 54.1 Å². The lowest BCUT2D eigenvalue weighted by molar-refractivity contribution is 0.694. The summed E-state index contributed by atoms with van der Waals surface area (Å²) in [5, 5.41) is 6.77. The van der Waals surface area contributed by atoms with Crippen LogP contribution in [0, 0.1) is 13.8 Å². The number of imidazole rings is 1. The number of hydrogen-bond acceptors (Lipinski definition) is 2. The molecule has 0 amide bonds. The van der Waals surface area contributed by atoms with E-state index in [0.29, 0.717) is 6.54 Å². The molecule has 3 rings (SSSR count). The average Bonchev–Trinajstić information content (AvgIpc) is 3.15. The minimum Gasteiger partial charge on any atom is -0.357 e. The number of hydrogen-bond donors (Lipinski definition) is 2. The standard InChI is InChI=1S/C24H31N5.HI/c1-4-25-24(28-17-22-11-10-19(2)16-20(22)3)27-13-12-23-26-14-15-29(23)18-21-8-6-5-7-9-21;/h5-11,14-16H,4,12-13,17-18H2,1-3H3,(H2,25,27,28);1H. The first kappa shape index (κ1) is 23.9. The quantitative estimate of drug-likeness (QED) is 0.264. The molecule has 0 bridgehead atoms. The van der Waals surface area contributed by atoms with Gasteiger partial charge in [0, 0.05) is 38.4 Å². The lowest BCUT2D eigenvalue weighted by Gasteiger charge is -2.13. The number of nitrogens with one attached hydrogen (secondary N) is 2. The van der Waals surface area contributed by atoms with Gasteiger partial charge in [-0.2, -0.15) is 0 Å². The number of benzene rings is 2. The summed E-state index contributed by atoms with van der Waals surface area (Å²) in [5.41, 5.74) is 5.10. The predicted molar refractivity (Wildman–Crippen MR) is 136 cm³/mol. The van der Waals surface area contributed by atoms with Crippen molar-refractivity contribution >= 4 is 29.9 Å². The number of rotatable bonds is 8. The molecule has 0 radical (unpaired) electrons. The molecule has 5 nitrogen and oxygen atoms in total. The third kappa shape index (κ3) is 7.16. The first-order valence-electron chi connectivity index (χ1n) is 10.3. The maximum atomic E-state index is 4.75. The Bertz CT molecular complexity index is 934. The number of guanidine groups is 1. The molecule has 0 saturated carbocycles. The third-order valence-electron chi connectivity index (χ3n) is 4.89. The van der Waals surface area contributed by atoms with E-state index >= 15 is 0 Å². The predicted octanol–water partition coefficient (Wildman–Crippen LogP) is 4.46. The second kappa shape index (κ2) is 12.4. The molecule has 0 atom stereocenters. The van der Waals surface area contributed by atoms with Crippen LogP contribution in [0.25, 0.3) is 0 Å². The molecule has 160 valence electrons. The zero-order valence-corrected chi connectivity index (χ0v) is 20.4. The summed E-state index contributed by atoms with van der Waals surface area (Å²) in [6, 6.07) is 17.0. The van der Waals surface area contributed by atoms with E-state index in [9.17, 15) is 0 Å². The van der Waals surface area contributed by atoms with Gasteiger partial charge >= 0.3 is 0 Å². The summed E-state index contributed by atoms with van der Waals surface area (Å²) in [5.74, 6) is 1.92. The Morgan fingerprint density at radius 1 is 1.07 bits per heavy atom. The van der Waals surface area contributed by atoms with Crippen LogP contribution in [0.4, 0.5) is 0 Å². The van der Waals surface area contributed by atoms with E-state index in [0.717, 1.165) is 37.8 Å². The fraction of sp³-hybridized carbons (Fsp3) is 0.333. The van der Waals surface area contributed by atoms with Crippen LogP contribution in [0.2, 0.25) is 0 Å². The molecule has 0 fully saturated rings. The van der Waals surface area contributed by atoms with Gasteiger partial charge in [-0.15, -0.1) is 24.0 Å². The van der Waals surface area contributed by atoms with Crippen LogP contribution in [0.15, 0.2) is 65.9 Å². The van der Waals surface area contributed by atoms with Crippen molar-refractivity contribution in [2.75, 3.05) is 13.1 Å². The van der Waals surface area contributed by atoms with E-state index < -0.39 is 0 Å². The Hall–Kier alpha value is -2.35. The van der Waals surface area contributed by atoms with E-state index in [1.807, 2.05) is 18.5 Å². The fourth-order valence-corrected chi connectivity index (χ4v) is 3.31. The van der Waals surface area contributed by atoms with Crippen molar-refractivity contribution in [3.8, 4) is 0 Å². The second-order valence-electron chi connectivity index (χ2n) is 7.26. The summed E-state index contributed by atoms with van der Waals surface area (Å²) in [6.07, 6.45) is 4.76. The maximum absolute atomic E-state index is 4.75. The van der Waals surface area contributed by atoms with E-state index in [1.54, 1.807) is 0 Å². The second-order valence-corrected chi connectivity index (χ2v) is 7.26. The van der Waals surface area contributed by atoms with Gasteiger partial charge < -0.3 is 15.2 Å². The largest absolute Gasteiger partial charge is 0.357 e. The zero-order valence-electron chi connectivity index (χ0n) is 18.1. The molecule has 30 heavy (non-hydrogen) atoms. The van der Waals surface area contributed by atoms with Crippen molar-refractivity contribution in [2.24, 2.45) is 4.99 Å². The number of halogens is 1. The average molecular weight is 517 g/mol. The molecule has 0 spiro atoms. The highest BCUT2D eigenvalue weighted by molar-refractivity contribution is 14.0. The SMILES string of the molecule is CCNC(=NCc1ccc(C)cc1C)NCCc1nccn1Cc1ccccc1.I. The summed E-state index contributed by atoms with van der Waals surface area (Å²) in [4.78, 5) is 9.28. The Kier molecular flexibility index (Phi) is 9.86. The summed E-state index contributed by atoms with van der Waals surface area (Å²) >= 11 is 0. The van der Waals surface area contributed by atoms with Crippen LogP contribution < -0.4 is 10.6 Å². The highest BCUT2D eigenvalue weighted by Crippen LogP contribution is 2.11. The van der Waals surface area contributed by atoms with Gasteiger partial charge in [0.1, 0.15) is 5.82 Å². The Balaban J connectivity index is 0.00000320. The van der Waals surface area contributed by atoms with Crippen molar-refractivity contribution in [3.05, 3.63) is 89.0 Å². The normalized spacial score (nSPS) is 11.1. The Morgan fingerprint density at radius 3 is 2.60 bits per heavy atom. The molecule has 1 aromatic heterocycles. The van der Waals surface area contributed by atoms with Crippen molar-refractivity contribution in [3.63, 3.8) is 0 Å². The zero-order chi connectivity index (χ0) is 20.5. The number of aryl methyl sites for hydroxylation is 2. The topological polar surface area (TPSA) is 54.2 Å². The fourth-order valence-electron chi connectivity index (χ4n) is 3.31. The van der Waals surface area contributed by atoms with Gasteiger partial charge in [0.25, 0.3) is 0 Å². The molecular weight excluding hydrogens is 485 g/mol. The van der Waals surface area contributed by atoms with E-state index in [1.165, 1.54) is 22.3 Å². The highest BCUT2D eigenvalue weighted by atomic mass is 127. The summed E-state index contributed by atoms with van der Waals surface area (Å²) < 4.78 is 2.21. The van der Waals surface area contributed by atoms with Crippen LogP contribution >= 0.6 is 24.0 Å². The van der Waals surface area contributed by atoms with Crippen LogP contribution in [-0.2, 0) is 19.5 Å². The summed E-state index contributed by atoms with van der Waals surface area (Å²) in [7, 11) is 0. The summed E-state index contributed by atoms with van der Waals surface area (Å²) in [6.45, 7) is 9.48. The third-order valence-corrected chi connectivity index (χ3v) is 4.89. The lowest BCUT2D eigenvalue weighted by Crippen LogP contribution is -2.38. The number of aliphatic imine (C=N–C) groups is 1. The minimum absolute atomic E-state index is 0. The molecule has 0 aliphatic rings. The molecular formula is C24H32IN5. The minimum atomic E-state index is 0. The number of aromatic nitrogens is 2. The first-order chi connectivity index (χ1) is 14.2. The van der Waals surface area contributed by atoms with Gasteiger partial charge in [-0.05, 0) is 37.5 Å². The maximum Gasteiger partial charge on any atom is 0.191 e. The number of nitrogens with zero attached hydrogens (tertiary/aromatic N) is 3. The van der Waals surface area contributed by atoms with Crippen LogP contribution in [0.3, 0.4) is 0 Å². The van der Waals surface area contributed by atoms with Crippen molar-refractivity contribution in [1.82, 2.24) is 20.2 Å². The van der Waals surface area contributed by atoms with Crippen molar-refractivity contribution < 1.29 is 0 Å². The smallest absolute Gasteiger partial charge is 0.191 e. The van der Waals surface area contributed by atoms with Gasteiger partial charge in [0.2, 0.25) is 0 Å². The van der Waals surface area contributed by atoms with Gasteiger partial charge in [-0.25, -0.2) is 9.98 Å². The van der Waals surface area contributed by atoms with E-state index in [-0.39, 0.29) is 24.0 Å². The van der Waals surface area contributed by atoms with Gasteiger partial charge in [-0.3, -0.25) is 0 Å². The van der Waals surface area contributed by atoms with E-state index in [2.05, 4.69) is 83.4 Å². The molecule has 0 aliphatic carbocycles. The highest BCUT2D eigenvalue weighted by Gasteiger charge is 2.05. The molecule has 3 aromatic rings. The molecule has 2 N–H and O–H groups in total. The molecule has 0 unspecified atom stereocenters. The molecule has 1 heterocycles. The first-order valence-corrected chi connectivity index (χ1v) is 10.3. The molecule has 0 aliphatic heterocycles. The van der Waals surface area contributed by atoms with Gasteiger partial charge in [0.05, 0.1) is 6.54 Å². The molecule has 0 saturated heterocycles. The van der Waals surface area contributed by atoms with Crippen LogP contribution in [-0.4, -0.2) is 28.6 Å². The van der Waals surface area contributed by atoms with Crippen LogP contribution in [0.1, 0.15) is 35.0 Å². The van der Waals surface area contributed by atoms with E-state index in [4.69, 9.17) is 4.99 Å². The molecule has 6 heteroatoms. The Morgan fingerprint density at radius 2 is 1.87 bits per heavy atom. The van der Waals surface area contributed by atoms with Crippen molar-refractivity contribution in [1.29, 1.82) is 0 Å². The van der Waals surface area contributed by atoms with Crippen molar-refractivity contribution in [2.45, 2.75) is 40.3 Å².